The van der Waals surface area contributed by atoms with Crippen molar-refractivity contribution >= 4 is 21.4 Å². The van der Waals surface area contributed by atoms with Gasteiger partial charge in [-0.1, -0.05) is 44.2 Å². The number of aromatic nitrogens is 2. The van der Waals surface area contributed by atoms with Gasteiger partial charge in [-0.2, -0.15) is 9.40 Å². The molecule has 5 nitrogen and oxygen atoms in total. The summed E-state index contributed by atoms with van der Waals surface area (Å²) >= 11 is 1.62. The summed E-state index contributed by atoms with van der Waals surface area (Å²) in [5, 5.41) is 4.21. The Balaban J connectivity index is 1.80. The lowest BCUT2D eigenvalue weighted by molar-refractivity contribution is 0.364. The Hall–Kier alpha value is -1.96. The maximum Gasteiger partial charge on any atom is 0.218 e. The monoisotopic (exact) mass is 403 g/mol. The zero-order valence-electron chi connectivity index (χ0n) is 15.9. The predicted octanol–water partition coefficient (Wildman–Crippen LogP) is 4.14. The molecule has 0 unspecified atom stereocenters. The smallest absolute Gasteiger partial charge is 0.218 e. The molecule has 27 heavy (non-hydrogen) atoms. The van der Waals surface area contributed by atoms with Gasteiger partial charge in [-0.25, -0.2) is 8.42 Å². The van der Waals surface area contributed by atoms with Crippen molar-refractivity contribution in [1.29, 1.82) is 0 Å². The van der Waals surface area contributed by atoms with Gasteiger partial charge in [-0.15, -0.1) is 11.3 Å². The van der Waals surface area contributed by atoms with Gasteiger partial charge in [0.25, 0.3) is 0 Å². The van der Waals surface area contributed by atoms with E-state index in [0.717, 1.165) is 20.9 Å². The maximum absolute atomic E-state index is 13.0. The Bertz CT molecular complexity index is 976. The Labute approximate surface area is 165 Å². The molecule has 0 saturated heterocycles. The summed E-state index contributed by atoms with van der Waals surface area (Å²) < 4.78 is 29.5. The van der Waals surface area contributed by atoms with Gasteiger partial charge < -0.3 is 0 Å². The number of hydrogen-bond donors (Lipinski definition) is 0. The molecule has 3 aromatic rings. The molecule has 0 radical (unpaired) electrons. The first-order valence-corrected chi connectivity index (χ1v) is 11.4. The minimum absolute atomic E-state index is 0.0292. The summed E-state index contributed by atoms with van der Waals surface area (Å²) in [6, 6.07) is 13.4. The fourth-order valence-corrected chi connectivity index (χ4v) is 5.64. The van der Waals surface area contributed by atoms with Crippen LogP contribution in [0.5, 0.6) is 0 Å². The highest BCUT2D eigenvalue weighted by molar-refractivity contribution is 7.88. The molecule has 144 valence electrons. The first-order chi connectivity index (χ1) is 12.8. The Morgan fingerprint density at radius 2 is 1.89 bits per heavy atom. The lowest BCUT2D eigenvalue weighted by atomic mass is 10.2. The van der Waals surface area contributed by atoms with Crippen LogP contribution in [-0.4, -0.2) is 29.0 Å². The molecule has 0 amide bonds. The van der Waals surface area contributed by atoms with E-state index in [-0.39, 0.29) is 11.7 Å². The highest BCUT2D eigenvalue weighted by atomic mass is 32.2. The molecule has 1 aromatic carbocycles. The fourth-order valence-electron chi connectivity index (χ4n) is 2.90. The van der Waals surface area contributed by atoms with E-state index >= 15 is 0 Å². The topological polar surface area (TPSA) is 55.2 Å². The van der Waals surface area contributed by atoms with E-state index in [1.807, 2.05) is 75.8 Å². The van der Waals surface area contributed by atoms with Crippen LogP contribution in [0.25, 0.3) is 10.4 Å². The Morgan fingerprint density at radius 3 is 2.52 bits per heavy atom. The lowest BCUT2D eigenvalue weighted by Crippen LogP contribution is -2.34. The summed E-state index contributed by atoms with van der Waals surface area (Å²) in [5.74, 6) is 0.287. The minimum atomic E-state index is -3.40. The molecule has 0 bridgehead atoms. The van der Waals surface area contributed by atoms with Gasteiger partial charge in [0.1, 0.15) is 0 Å². The zero-order chi connectivity index (χ0) is 19.4. The molecule has 0 saturated carbocycles. The minimum Gasteiger partial charge on any atom is -0.275 e. The van der Waals surface area contributed by atoms with Gasteiger partial charge in [0.05, 0.1) is 11.9 Å². The van der Waals surface area contributed by atoms with Crippen LogP contribution in [-0.2, 0) is 29.4 Å². The third-order valence-corrected chi connectivity index (χ3v) is 7.02. The van der Waals surface area contributed by atoms with Crippen LogP contribution < -0.4 is 0 Å². The molecule has 0 spiro atoms. The second kappa shape index (κ2) is 8.37. The van der Waals surface area contributed by atoms with Gasteiger partial charge >= 0.3 is 0 Å². The van der Waals surface area contributed by atoms with Crippen molar-refractivity contribution in [3.63, 3.8) is 0 Å². The molecule has 0 aliphatic rings. The molecule has 0 aliphatic heterocycles. The SMILES string of the molecule is CC(C)CN(Cc1ccc(-c2cnn(C)c2)s1)S(=O)(=O)Cc1ccccc1. The standard InChI is InChI=1S/C20H25N3O2S2/c1-16(2)12-23(27(24,25)15-17-7-5-4-6-8-17)14-19-9-10-20(26-19)18-11-21-22(3)13-18/h4-11,13,16H,12,14-15H2,1-3H3. The molecular weight excluding hydrogens is 378 g/mol. The number of nitrogens with zero attached hydrogens (tertiary/aromatic N) is 3. The van der Waals surface area contributed by atoms with Gasteiger partial charge in [0.2, 0.25) is 10.0 Å². The lowest BCUT2D eigenvalue weighted by Gasteiger charge is -2.23. The van der Waals surface area contributed by atoms with Crippen LogP contribution in [0.3, 0.4) is 0 Å². The summed E-state index contributed by atoms with van der Waals surface area (Å²) in [7, 11) is -1.51. The van der Waals surface area contributed by atoms with Gasteiger partial charge in [0.15, 0.2) is 0 Å². The van der Waals surface area contributed by atoms with Crippen LogP contribution in [0.1, 0.15) is 24.3 Å². The van der Waals surface area contributed by atoms with Gasteiger partial charge in [-0.05, 0) is 23.6 Å². The van der Waals surface area contributed by atoms with Crippen molar-refractivity contribution < 1.29 is 8.42 Å². The van der Waals surface area contributed by atoms with Crippen molar-refractivity contribution in [2.45, 2.75) is 26.1 Å². The molecule has 3 rings (SSSR count). The van der Waals surface area contributed by atoms with Crippen LogP contribution >= 0.6 is 11.3 Å². The number of hydrogen-bond acceptors (Lipinski definition) is 4. The quantitative estimate of drug-likeness (QED) is 0.568. The molecule has 2 heterocycles. The molecular formula is C20H25N3O2S2. The Morgan fingerprint density at radius 1 is 1.15 bits per heavy atom. The van der Waals surface area contributed by atoms with Crippen molar-refractivity contribution in [3.05, 3.63) is 65.3 Å². The number of aryl methyl sites for hydroxylation is 1. The van der Waals surface area contributed by atoms with Crippen molar-refractivity contribution in [2.75, 3.05) is 6.54 Å². The van der Waals surface area contributed by atoms with Crippen molar-refractivity contribution in [3.8, 4) is 10.4 Å². The first kappa shape index (κ1) is 19.8. The number of benzene rings is 1. The predicted molar refractivity (Wildman–Crippen MR) is 111 cm³/mol. The van der Waals surface area contributed by atoms with Crippen LogP contribution in [0.4, 0.5) is 0 Å². The van der Waals surface area contributed by atoms with E-state index in [0.29, 0.717) is 13.1 Å². The van der Waals surface area contributed by atoms with Crippen LogP contribution in [0.2, 0.25) is 0 Å². The van der Waals surface area contributed by atoms with Crippen LogP contribution in [0.15, 0.2) is 54.9 Å². The second-order valence-electron chi connectivity index (χ2n) is 7.10. The highest BCUT2D eigenvalue weighted by Gasteiger charge is 2.24. The second-order valence-corrected chi connectivity index (χ2v) is 10.2. The van der Waals surface area contributed by atoms with Crippen molar-refractivity contribution in [2.24, 2.45) is 13.0 Å². The molecule has 0 fully saturated rings. The summed E-state index contributed by atoms with van der Waals surface area (Å²) in [4.78, 5) is 2.13. The number of rotatable bonds is 8. The van der Waals surface area contributed by atoms with E-state index in [4.69, 9.17) is 0 Å². The van der Waals surface area contributed by atoms with E-state index < -0.39 is 10.0 Å². The number of thiophene rings is 1. The van der Waals surface area contributed by atoms with Gasteiger partial charge in [-0.3, -0.25) is 4.68 Å². The van der Waals surface area contributed by atoms with Crippen LogP contribution in [0, 0.1) is 5.92 Å². The third kappa shape index (κ3) is 5.28. The molecule has 0 atom stereocenters. The van der Waals surface area contributed by atoms with E-state index in [2.05, 4.69) is 5.10 Å². The number of sulfonamides is 1. The average Bonchev–Trinajstić information content (AvgIpc) is 3.23. The van der Waals surface area contributed by atoms with Gasteiger partial charge in [0, 0.05) is 41.7 Å². The van der Waals surface area contributed by atoms with E-state index in [9.17, 15) is 8.42 Å². The molecule has 7 heteroatoms. The first-order valence-electron chi connectivity index (χ1n) is 8.93. The third-order valence-electron chi connectivity index (χ3n) is 4.14. The summed E-state index contributed by atoms with van der Waals surface area (Å²) in [6.45, 7) is 4.99. The molecule has 0 aliphatic carbocycles. The van der Waals surface area contributed by atoms with E-state index in [1.54, 1.807) is 20.3 Å². The summed E-state index contributed by atoms with van der Waals surface area (Å²) in [5.41, 5.74) is 1.87. The Kier molecular flexibility index (Phi) is 6.14. The van der Waals surface area contributed by atoms with E-state index in [1.165, 1.54) is 0 Å². The normalized spacial score (nSPS) is 12.2. The molecule has 0 N–H and O–H groups in total. The van der Waals surface area contributed by atoms with Crippen molar-refractivity contribution in [1.82, 2.24) is 14.1 Å². The highest BCUT2D eigenvalue weighted by Crippen LogP contribution is 2.29. The fraction of sp³-hybridized carbons (Fsp3) is 0.350. The maximum atomic E-state index is 13.0. The zero-order valence-corrected chi connectivity index (χ0v) is 17.5. The summed E-state index contributed by atoms with van der Waals surface area (Å²) in [6.07, 6.45) is 3.79. The largest absolute Gasteiger partial charge is 0.275 e. The average molecular weight is 404 g/mol. The molecule has 2 aromatic heterocycles.